The molecule has 0 bridgehead atoms. The topological polar surface area (TPSA) is 103 Å². The Morgan fingerprint density at radius 3 is 2.29 bits per heavy atom. The average Bonchev–Trinajstić information content (AvgIpc) is 2.81. The first-order valence-electron chi connectivity index (χ1n) is 10.5. The van der Waals surface area contributed by atoms with Crippen LogP contribution in [0.5, 0.6) is 0 Å². The lowest BCUT2D eigenvalue weighted by Gasteiger charge is -2.15. The molecule has 35 heavy (non-hydrogen) atoms. The quantitative estimate of drug-likeness (QED) is 0.360. The highest BCUT2D eigenvalue weighted by atomic mass is 35.5. The predicted molar refractivity (Wildman–Crippen MR) is 143 cm³/mol. The zero-order valence-corrected chi connectivity index (χ0v) is 21.5. The number of aromatic nitrogens is 1. The Kier molecular flexibility index (Phi) is 8.87. The van der Waals surface area contributed by atoms with Gasteiger partial charge in [-0.3, -0.25) is 9.59 Å². The summed E-state index contributed by atoms with van der Waals surface area (Å²) >= 11 is 11.9. The molecule has 1 aromatic heterocycles. The molecular weight excluding hydrogens is 509 g/mol. The van der Waals surface area contributed by atoms with E-state index in [1.54, 1.807) is 42.5 Å². The van der Waals surface area contributed by atoms with Crippen molar-refractivity contribution in [1.29, 1.82) is 0 Å². The van der Waals surface area contributed by atoms with Gasteiger partial charge in [-0.05, 0) is 74.6 Å². The third kappa shape index (κ3) is 7.51. The van der Waals surface area contributed by atoms with Crippen molar-refractivity contribution in [2.24, 2.45) is 0 Å². The largest absolute Gasteiger partial charge is 0.321 e. The van der Waals surface area contributed by atoms with E-state index in [0.717, 1.165) is 0 Å². The van der Waals surface area contributed by atoms with Crippen LogP contribution in [0.25, 0.3) is 0 Å². The van der Waals surface area contributed by atoms with E-state index in [4.69, 9.17) is 23.2 Å². The smallest absolute Gasteiger partial charge is 0.258 e. The van der Waals surface area contributed by atoms with Gasteiger partial charge in [0.1, 0.15) is 5.82 Å². The summed E-state index contributed by atoms with van der Waals surface area (Å²) in [5.41, 5.74) is 0.740. The zero-order valence-electron chi connectivity index (χ0n) is 19.2. The Hall–Kier alpha value is -2.95. The summed E-state index contributed by atoms with van der Waals surface area (Å²) in [5, 5.41) is 6.13. The summed E-state index contributed by atoms with van der Waals surface area (Å²) < 4.78 is 15.8. The van der Waals surface area contributed by atoms with E-state index in [1.807, 2.05) is 19.0 Å². The van der Waals surface area contributed by atoms with Crippen molar-refractivity contribution in [1.82, 2.24) is 14.6 Å². The van der Waals surface area contributed by atoms with E-state index < -0.39 is 21.5 Å². The van der Waals surface area contributed by atoms with Crippen molar-refractivity contribution >= 4 is 62.1 Å². The third-order valence-corrected chi connectivity index (χ3v) is 7.00. The Bertz CT molecular complexity index is 1310. The lowest BCUT2D eigenvalue weighted by Crippen LogP contribution is -2.31. The molecule has 3 rings (SSSR count). The van der Waals surface area contributed by atoms with Gasteiger partial charge in [0, 0.05) is 34.8 Å². The first-order valence-corrected chi connectivity index (χ1v) is 12.9. The first kappa shape index (κ1) is 26.7. The van der Waals surface area contributed by atoms with Gasteiger partial charge in [0.05, 0.1) is 26.0 Å². The Morgan fingerprint density at radius 2 is 1.66 bits per heavy atom. The first-order chi connectivity index (χ1) is 16.5. The zero-order chi connectivity index (χ0) is 25.6. The standard InChI is InChI=1S/C24H25Cl2N5O3S/c1-31(2)13-12-28-35(3,34)19-8-4-16(5-9-19)23(32)29-21-10-6-17(25)14-20(21)24(33)30-22-11-7-18(26)15-27-22/h4-11,14-15H,3,12-13H2,1-2H3,(H,28,34)(H,29,32)(H,27,30,33). The highest BCUT2D eigenvalue weighted by molar-refractivity contribution is 7.98. The summed E-state index contributed by atoms with van der Waals surface area (Å²) in [6.07, 6.45) is 1.41. The number of pyridine rings is 1. The van der Waals surface area contributed by atoms with Gasteiger partial charge in [-0.1, -0.05) is 23.2 Å². The molecule has 0 radical (unpaired) electrons. The van der Waals surface area contributed by atoms with Crippen LogP contribution in [0.1, 0.15) is 20.7 Å². The maximum atomic E-state index is 12.9. The number of nitrogens with zero attached hydrogens (tertiary/aromatic N) is 2. The highest BCUT2D eigenvalue weighted by Gasteiger charge is 2.17. The fourth-order valence-corrected chi connectivity index (χ4v) is 4.43. The monoisotopic (exact) mass is 533 g/mol. The maximum Gasteiger partial charge on any atom is 0.258 e. The summed E-state index contributed by atoms with van der Waals surface area (Å²) in [6.45, 7) is 1.21. The molecule has 0 saturated heterocycles. The number of likely N-dealkylation sites (N-methyl/N-ethyl adjacent to an activating group) is 1. The van der Waals surface area contributed by atoms with E-state index in [1.165, 1.54) is 18.3 Å². The van der Waals surface area contributed by atoms with Crippen molar-refractivity contribution in [3.05, 3.63) is 82.0 Å². The molecule has 1 atom stereocenters. The van der Waals surface area contributed by atoms with E-state index in [0.29, 0.717) is 39.4 Å². The third-order valence-electron chi connectivity index (χ3n) is 4.83. The Morgan fingerprint density at radius 1 is 0.971 bits per heavy atom. The molecule has 3 N–H and O–H groups in total. The highest BCUT2D eigenvalue weighted by Crippen LogP contribution is 2.23. The van der Waals surface area contributed by atoms with Crippen molar-refractivity contribution in [3.63, 3.8) is 0 Å². The van der Waals surface area contributed by atoms with Crippen LogP contribution in [0.15, 0.2) is 65.7 Å². The van der Waals surface area contributed by atoms with Crippen LogP contribution in [-0.2, 0) is 9.71 Å². The van der Waals surface area contributed by atoms with E-state index in [9.17, 15) is 13.8 Å². The second-order valence-electron chi connectivity index (χ2n) is 7.86. The number of carbonyl (C=O) groups is 2. The second-order valence-corrected chi connectivity index (χ2v) is 10.8. The molecule has 11 heteroatoms. The van der Waals surface area contributed by atoms with Gasteiger partial charge >= 0.3 is 0 Å². The lowest BCUT2D eigenvalue weighted by atomic mass is 10.1. The fourth-order valence-electron chi connectivity index (χ4n) is 2.98. The molecule has 184 valence electrons. The predicted octanol–water partition coefficient (Wildman–Crippen LogP) is 4.03. The van der Waals surface area contributed by atoms with Gasteiger partial charge < -0.3 is 15.5 Å². The van der Waals surface area contributed by atoms with E-state index in [-0.39, 0.29) is 11.3 Å². The van der Waals surface area contributed by atoms with Crippen LogP contribution in [0.4, 0.5) is 11.5 Å². The number of rotatable bonds is 9. The van der Waals surface area contributed by atoms with Gasteiger partial charge in [-0.2, -0.15) is 0 Å². The van der Waals surface area contributed by atoms with Crippen LogP contribution >= 0.6 is 23.2 Å². The summed E-state index contributed by atoms with van der Waals surface area (Å²) in [6, 6.07) is 14.0. The molecule has 0 fully saturated rings. The van der Waals surface area contributed by atoms with E-state index in [2.05, 4.69) is 26.2 Å². The minimum Gasteiger partial charge on any atom is -0.321 e. The SMILES string of the molecule is C=S(=O)(NCCN(C)C)c1ccc(C(=O)Nc2ccc(Cl)cc2C(=O)Nc2ccc(Cl)cn2)cc1. The van der Waals surface area contributed by atoms with Crippen LogP contribution in [0.3, 0.4) is 0 Å². The number of benzene rings is 2. The molecule has 3 aromatic rings. The van der Waals surface area contributed by atoms with Gasteiger partial charge in [0.25, 0.3) is 11.8 Å². The minimum atomic E-state index is -2.70. The maximum absolute atomic E-state index is 12.9. The molecule has 1 unspecified atom stereocenters. The van der Waals surface area contributed by atoms with Crippen molar-refractivity contribution in [2.75, 3.05) is 37.8 Å². The molecule has 0 saturated carbocycles. The molecule has 8 nitrogen and oxygen atoms in total. The lowest BCUT2D eigenvalue weighted by molar-refractivity contribution is 0.102. The Balaban J connectivity index is 1.74. The van der Waals surface area contributed by atoms with Crippen LogP contribution < -0.4 is 15.4 Å². The van der Waals surface area contributed by atoms with Gasteiger partial charge in [-0.15, -0.1) is 0 Å². The number of halogens is 2. The molecule has 0 aliphatic rings. The molecule has 0 aliphatic carbocycles. The van der Waals surface area contributed by atoms with Crippen LogP contribution in [0, 0.1) is 0 Å². The molecule has 2 aromatic carbocycles. The molecule has 1 heterocycles. The number of carbonyl (C=O) groups excluding carboxylic acids is 2. The Labute approximate surface area is 214 Å². The number of nitrogens with one attached hydrogen (secondary N) is 3. The van der Waals surface area contributed by atoms with Crippen LogP contribution in [-0.4, -0.2) is 59.0 Å². The van der Waals surface area contributed by atoms with Gasteiger partial charge in [-0.25, -0.2) is 13.9 Å². The molecule has 0 aliphatic heterocycles. The van der Waals surface area contributed by atoms with E-state index >= 15 is 0 Å². The van der Waals surface area contributed by atoms with Crippen molar-refractivity contribution in [3.8, 4) is 0 Å². The number of hydrogen-bond donors (Lipinski definition) is 3. The number of hydrogen-bond acceptors (Lipinski definition) is 5. The van der Waals surface area contributed by atoms with Gasteiger partial charge in [0.2, 0.25) is 0 Å². The molecular formula is C24H25Cl2N5O3S. The van der Waals surface area contributed by atoms with Crippen LogP contribution in [0.2, 0.25) is 10.0 Å². The second kappa shape index (κ2) is 11.7. The summed E-state index contributed by atoms with van der Waals surface area (Å²) in [5.74, 6) is 3.12. The average molecular weight is 534 g/mol. The summed E-state index contributed by atoms with van der Waals surface area (Å²) in [7, 11) is 1.14. The van der Waals surface area contributed by atoms with Gasteiger partial charge in [0.15, 0.2) is 0 Å². The van der Waals surface area contributed by atoms with Crippen molar-refractivity contribution in [2.45, 2.75) is 4.90 Å². The fraction of sp³-hybridized carbons (Fsp3) is 0.167. The normalized spacial score (nSPS) is 12.7. The number of anilines is 2. The van der Waals surface area contributed by atoms with Crippen molar-refractivity contribution < 1.29 is 13.8 Å². The molecule has 2 amide bonds. The number of amides is 2. The summed E-state index contributed by atoms with van der Waals surface area (Å²) in [4.78, 5) is 32.2. The minimum absolute atomic E-state index is 0.157. The molecule has 0 spiro atoms.